The molecule has 0 N–H and O–H groups in total. The second-order valence-corrected chi connectivity index (χ2v) is 4.82. The van der Waals surface area contributed by atoms with E-state index in [9.17, 15) is 0 Å². The molecule has 0 unspecified atom stereocenters. The van der Waals surface area contributed by atoms with Crippen molar-refractivity contribution in [3.8, 4) is 0 Å². The van der Waals surface area contributed by atoms with Crippen LogP contribution < -0.4 is 0 Å². The van der Waals surface area contributed by atoms with Crippen LogP contribution in [-0.2, 0) is 0 Å². The van der Waals surface area contributed by atoms with Gasteiger partial charge in [0.25, 0.3) is 0 Å². The van der Waals surface area contributed by atoms with Crippen molar-refractivity contribution in [2.45, 2.75) is 20.3 Å². The molecule has 0 radical (unpaired) electrons. The zero-order valence-corrected chi connectivity index (χ0v) is 9.08. The summed E-state index contributed by atoms with van der Waals surface area (Å²) in [6.45, 7) is 5.78. The summed E-state index contributed by atoms with van der Waals surface area (Å²) in [5.74, 6) is 3.47. The SMILES string of the molecule is CC(C)CCSCCN(C)C. The van der Waals surface area contributed by atoms with Crippen LogP contribution in [0.4, 0.5) is 0 Å². The Morgan fingerprint density at radius 3 is 2.27 bits per heavy atom. The van der Waals surface area contributed by atoms with E-state index in [0.29, 0.717) is 0 Å². The van der Waals surface area contributed by atoms with Crippen molar-refractivity contribution in [1.82, 2.24) is 4.90 Å². The van der Waals surface area contributed by atoms with E-state index in [1.807, 2.05) is 0 Å². The summed E-state index contributed by atoms with van der Waals surface area (Å²) in [4.78, 5) is 2.24. The summed E-state index contributed by atoms with van der Waals surface area (Å²) in [7, 11) is 4.26. The Bertz CT molecular complexity index is 71.6. The zero-order valence-electron chi connectivity index (χ0n) is 8.26. The fraction of sp³-hybridized carbons (Fsp3) is 1.00. The molecular weight excluding hydrogens is 154 g/mol. The minimum Gasteiger partial charge on any atom is -0.309 e. The number of thioether (sulfide) groups is 1. The second kappa shape index (κ2) is 6.99. The van der Waals surface area contributed by atoms with Crippen LogP contribution in [0, 0.1) is 5.92 Å². The van der Waals surface area contributed by atoms with Crippen molar-refractivity contribution in [3.63, 3.8) is 0 Å². The molecule has 0 aliphatic rings. The maximum Gasteiger partial charge on any atom is 0.00662 e. The van der Waals surface area contributed by atoms with Crippen LogP contribution in [0.25, 0.3) is 0 Å². The molecule has 2 heteroatoms. The van der Waals surface area contributed by atoms with Gasteiger partial charge in [0, 0.05) is 12.3 Å². The molecule has 0 atom stereocenters. The minimum absolute atomic E-state index is 0.863. The molecule has 0 aliphatic heterocycles. The van der Waals surface area contributed by atoms with Gasteiger partial charge in [-0.1, -0.05) is 13.8 Å². The molecule has 0 fully saturated rings. The van der Waals surface area contributed by atoms with E-state index >= 15 is 0 Å². The van der Waals surface area contributed by atoms with Gasteiger partial charge in [-0.15, -0.1) is 0 Å². The lowest BCUT2D eigenvalue weighted by molar-refractivity contribution is 0.437. The van der Waals surface area contributed by atoms with E-state index < -0.39 is 0 Å². The van der Waals surface area contributed by atoms with Crippen LogP contribution >= 0.6 is 11.8 Å². The minimum atomic E-state index is 0.863. The first-order valence-corrected chi connectivity index (χ1v) is 5.51. The summed E-state index contributed by atoms with van der Waals surface area (Å²) in [5.41, 5.74) is 0. The summed E-state index contributed by atoms with van der Waals surface area (Å²) in [5, 5.41) is 0. The molecular formula is C9H21NS. The predicted molar refractivity (Wildman–Crippen MR) is 55.3 cm³/mol. The Morgan fingerprint density at radius 2 is 1.82 bits per heavy atom. The molecule has 0 heterocycles. The van der Waals surface area contributed by atoms with Crippen molar-refractivity contribution in [2.75, 3.05) is 32.1 Å². The predicted octanol–water partition coefficient (Wildman–Crippen LogP) is 2.33. The fourth-order valence-electron chi connectivity index (χ4n) is 0.668. The average molecular weight is 175 g/mol. The van der Waals surface area contributed by atoms with Crippen LogP contribution in [0.1, 0.15) is 20.3 Å². The number of rotatable bonds is 6. The Hall–Kier alpha value is 0.310. The number of hydrogen-bond acceptors (Lipinski definition) is 2. The summed E-state index contributed by atoms with van der Waals surface area (Å²) >= 11 is 2.07. The first kappa shape index (κ1) is 11.3. The van der Waals surface area contributed by atoms with Crippen molar-refractivity contribution < 1.29 is 0 Å². The largest absolute Gasteiger partial charge is 0.309 e. The van der Waals surface area contributed by atoms with Crippen molar-refractivity contribution in [2.24, 2.45) is 5.92 Å². The summed E-state index contributed by atoms with van der Waals surface area (Å²) in [6, 6.07) is 0. The molecule has 68 valence electrons. The van der Waals surface area contributed by atoms with E-state index in [4.69, 9.17) is 0 Å². The molecule has 1 nitrogen and oxygen atoms in total. The van der Waals surface area contributed by atoms with Crippen LogP contribution in [-0.4, -0.2) is 37.0 Å². The third-order valence-corrected chi connectivity index (χ3v) is 2.52. The lowest BCUT2D eigenvalue weighted by atomic mass is 10.2. The molecule has 0 aromatic heterocycles. The third-order valence-electron chi connectivity index (χ3n) is 1.52. The van der Waals surface area contributed by atoms with Gasteiger partial charge in [-0.25, -0.2) is 0 Å². The van der Waals surface area contributed by atoms with E-state index in [0.717, 1.165) is 5.92 Å². The van der Waals surface area contributed by atoms with Crippen molar-refractivity contribution >= 4 is 11.8 Å². The van der Waals surface area contributed by atoms with E-state index in [-0.39, 0.29) is 0 Å². The average Bonchev–Trinajstić information content (AvgIpc) is 1.85. The zero-order chi connectivity index (χ0) is 8.69. The molecule has 0 saturated heterocycles. The molecule has 0 saturated carbocycles. The summed E-state index contributed by atoms with van der Waals surface area (Å²) in [6.07, 6.45) is 1.36. The van der Waals surface area contributed by atoms with Crippen molar-refractivity contribution in [1.29, 1.82) is 0 Å². The van der Waals surface area contributed by atoms with E-state index in [2.05, 4.69) is 44.6 Å². The van der Waals surface area contributed by atoms with Gasteiger partial charge >= 0.3 is 0 Å². The highest BCUT2D eigenvalue weighted by Crippen LogP contribution is 2.07. The van der Waals surface area contributed by atoms with Gasteiger partial charge in [0.05, 0.1) is 0 Å². The topological polar surface area (TPSA) is 3.24 Å². The van der Waals surface area contributed by atoms with Crippen molar-refractivity contribution in [3.05, 3.63) is 0 Å². The van der Waals surface area contributed by atoms with E-state index in [1.165, 1.54) is 24.5 Å². The lowest BCUT2D eigenvalue weighted by Gasteiger charge is -2.09. The highest BCUT2D eigenvalue weighted by atomic mass is 32.2. The second-order valence-electron chi connectivity index (χ2n) is 3.60. The smallest absolute Gasteiger partial charge is 0.00662 e. The van der Waals surface area contributed by atoms with Gasteiger partial charge in [0.15, 0.2) is 0 Å². The monoisotopic (exact) mass is 175 g/mol. The highest BCUT2D eigenvalue weighted by Gasteiger charge is 1.94. The van der Waals surface area contributed by atoms with Crippen LogP contribution in [0.2, 0.25) is 0 Å². The Balaban J connectivity index is 2.91. The molecule has 0 aromatic rings. The standard InChI is InChI=1S/C9H21NS/c1-9(2)5-7-11-8-6-10(3)4/h9H,5-8H2,1-4H3. The van der Waals surface area contributed by atoms with E-state index in [1.54, 1.807) is 0 Å². The first-order valence-electron chi connectivity index (χ1n) is 4.35. The highest BCUT2D eigenvalue weighted by molar-refractivity contribution is 7.99. The van der Waals surface area contributed by atoms with Gasteiger partial charge < -0.3 is 4.90 Å². The van der Waals surface area contributed by atoms with Gasteiger partial charge in [0.2, 0.25) is 0 Å². The fourth-order valence-corrected chi connectivity index (χ4v) is 2.00. The summed E-state index contributed by atoms with van der Waals surface area (Å²) < 4.78 is 0. The molecule has 0 amide bonds. The van der Waals surface area contributed by atoms with Crippen LogP contribution in [0.3, 0.4) is 0 Å². The first-order chi connectivity index (χ1) is 5.13. The van der Waals surface area contributed by atoms with Gasteiger partial charge in [0.1, 0.15) is 0 Å². The van der Waals surface area contributed by atoms with Gasteiger partial charge in [-0.2, -0.15) is 11.8 Å². The Kier molecular flexibility index (Phi) is 7.18. The molecule has 0 aliphatic carbocycles. The molecule has 0 spiro atoms. The molecule has 0 bridgehead atoms. The quantitative estimate of drug-likeness (QED) is 0.570. The number of nitrogens with zero attached hydrogens (tertiary/aromatic N) is 1. The van der Waals surface area contributed by atoms with Crippen LogP contribution in [0.5, 0.6) is 0 Å². The van der Waals surface area contributed by atoms with Gasteiger partial charge in [-0.05, 0) is 32.2 Å². The Morgan fingerprint density at radius 1 is 1.18 bits per heavy atom. The normalized spacial score (nSPS) is 11.5. The molecule has 0 aromatic carbocycles. The third kappa shape index (κ3) is 10.3. The molecule has 0 rings (SSSR count). The number of hydrogen-bond donors (Lipinski definition) is 0. The molecule has 11 heavy (non-hydrogen) atoms. The maximum atomic E-state index is 2.28. The Labute approximate surface area is 75.5 Å². The van der Waals surface area contributed by atoms with Gasteiger partial charge in [-0.3, -0.25) is 0 Å². The van der Waals surface area contributed by atoms with Crippen LogP contribution in [0.15, 0.2) is 0 Å². The maximum absolute atomic E-state index is 2.28. The lowest BCUT2D eigenvalue weighted by Crippen LogP contribution is -2.15.